The van der Waals surface area contributed by atoms with E-state index < -0.39 is 0 Å². The highest BCUT2D eigenvalue weighted by Gasteiger charge is 2.25. The van der Waals surface area contributed by atoms with E-state index in [2.05, 4.69) is 10.4 Å². The van der Waals surface area contributed by atoms with Crippen LogP contribution < -0.4 is 10.1 Å². The number of aromatic nitrogens is 3. The molecular weight excluding hydrogens is 448 g/mol. The van der Waals surface area contributed by atoms with Gasteiger partial charge in [-0.2, -0.15) is 5.10 Å². The molecule has 6 nitrogen and oxygen atoms in total. The van der Waals surface area contributed by atoms with E-state index in [1.165, 1.54) is 0 Å². The zero-order chi connectivity index (χ0) is 23.7. The summed E-state index contributed by atoms with van der Waals surface area (Å²) < 4.78 is 7.95. The molecule has 2 aromatic heterocycles. The normalized spacial score (nSPS) is 11.1. The van der Waals surface area contributed by atoms with Crippen molar-refractivity contribution >= 4 is 33.9 Å². The maximum Gasteiger partial charge on any atom is 0.273 e. The number of carbonyl (C=O) groups is 1. The highest BCUT2D eigenvalue weighted by molar-refractivity contribution is 6.31. The summed E-state index contributed by atoms with van der Waals surface area (Å²) in [5.74, 6) is 0.759. The van der Waals surface area contributed by atoms with Crippen molar-refractivity contribution in [1.29, 1.82) is 0 Å². The molecule has 0 aliphatic rings. The molecule has 34 heavy (non-hydrogen) atoms. The lowest BCUT2D eigenvalue weighted by atomic mass is 9.98. The van der Waals surface area contributed by atoms with Crippen LogP contribution in [0.15, 0.2) is 72.8 Å². The fourth-order valence-corrected chi connectivity index (χ4v) is 4.35. The Bertz CT molecular complexity index is 1510. The van der Waals surface area contributed by atoms with Crippen LogP contribution in [0.4, 0.5) is 0 Å². The van der Waals surface area contributed by atoms with Gasteiger partial charge in [0.25, 0.3) is 5.91 Å². The summed E-state index contributed by atoms with van der Waals surface area (Å²) in [7, 11) is 0. The van der Waals surface area contributed by atoms with Crippen LogP contribution in [-0.4, -0.2) is 27.0 Å². The van der Waals surface area contributed by atoms with E-state index in [4.69, 9.17) is 21.3 Å². The minimum atomic E-state index is -0.268. The smallest absolute Gasteiger partial charge is 0.273 e. The van der Waals surface area contributed by atoms with Gasteiger partial charge in [-0.25, -0.2) is 9.50 Å². The molecule has 0 bridgehead atoms. The van der Waals surface area contributed by atoms with Crippen molar-refractivity contribution in [3.05, 3.63) is 94.9 Å². The zero-order valence-corrected chi connectivity index (χ0v) is 19.6. The van der Waals surface area contributed by atoms with E-state index in [0.29, 0.717) is 41.1 Å². The van der Waals surface area contributed by atoms with Crippen molar-refractivity contribution in [1.82, 2.24) is 19.9 Å². The third-order valence-corrected chi connectivity index (χ3v) is 5.82. The number of benzene rings is 3. The second-order valence-electron chi connectivity index (χ2n) is 7.94. The number of ether oxygens (including phenoxy) is 1. The molecule has 5 aromatic rings. The fraction of sp³-hybridized carbons (Fsp3) is 0.148. The van der Waals surface area contributed by atoms with E-state index in [1.54, 1.807) is 4.52 Å². The predicted molar refractivity (Wildman–Crippen MR) is 134 cm³/mol. The third kappa shape index (κ3) is 3.97. The number of hydrogen-bond donors (Lipinski definition) is 1. The lowest BCUT2D eigenvalue weighted by Gasteiger charge is -2.17. The third-order valence-electron chi connectivity index (χ3n) is 5.59. The maximum absolute atomic E-state index is 13.2. The van der Waals surface area contributed by atoms with E-state index in [1.807, 2.05) is 86.6 Å². The van der Waals surface area contributed by atoms with Crippen LogP contribution in [-0.2, 0) is 6.61 Å². The van der Waals surface area contributed by atoms with Crippen LogP contribution in [0.25, 0.3) is 27.5 Å². The molecule has 0 radical (unpaired) electrons. The van der Waals surface area contributed by atoms with Crippen LogP contribution in [0, 0.1) is 6.92 Å². The highest BCUT2D eigenvalue weighted by atomic mass is 35.5. The topological polar surface area (TPSA) is 68.5 Å². The largest absolute Gasteiger partial charge is 0.486 e. The zero-order valence-electron chi connectivity index (χ0n) is 18.9. The van der Waals surface area contributed by atoms with Gasteiger partial charge in [-0.15, -0.1) is 0 Å². The van der Waals surface area contributed by atoms with Crippen molar-refractivity contribution in [2.45, 2.75) is 20.5 Å². The second kappa shape index (κ2) is 9.15. The summed E-state index contributed by atoms with van der Waals surface area (Å²) in [4.78, 5) is 17.9. The average Bonchev–Trinajstić information content (AvgIpc) is 3.23. The molecule has 2 heterocycles. The predicted octanol–water partition coefficient (Wildman–Crippen LogP) is 5.84. The number of carbonyl (C=O) groups excluding carboxylic acids is 1. The van der Waals surface area contributed by atoms with Gasteiger partial charge in [0.15, 0.2) is 17.1 Å². The van der Waals surface area contributed by atoms with Crippen LogP contribution in [0.2, 0.25) is 5.02 Å². The van der Waals surface area contributed by atoms with Crippen LogP contribution >= 0.6 is 11.6 Å². The van der Waals surface area contributed by atoms with E-state index in [0.717, 1.165) is 27.5 Å². The van der Waals surface area contributed by atoms with E-state index in [9.17, 15) is 4.79 Å². The Morgan fingerprint density at radius 2 is 1.85 bits per heavy atom. The van der Waals surface area contributed by atoms with Crippen LogP contribution in [0.3, 0.4) is 0 Å². The number of pyridine rings is 1. The summed E-state index contributed by atoms with van der Waals surface area (Å²) in [6, 6.07) is 23.5. The van der Waals surface area contributed by atoms with Crippen molar-refractivity contribution in [2.24, 2.45) is 0 Å². The first-order chi connectivity index (χ1) is 16.6. The Hall–Kier alpha value is -3.90. The second-order valence-corrected chi connectivity index (χ2v) is 8.38. The van der Waals surface area contributed by atoms with Crippen molar-refractivity contribution < 1.29 is 9.53 Å². The highest BCUT2D eigenvalue weighted by Crippen LogP contribution is 2.39. The molecule has 0 unspecified atom stereocenters. The van der Waals surface area contributed by atoms with Gasteiger partial charge >= 0.3 is 0 Å². The van der Waals surface area contributed by atoms with Crippen molar-refractivity contribution in [2.75, 3.05) is 6.54 Å². The number of aryl methyl sites for hydroxylation is 1. The quantitative estimate of drug-likeness (QED) is 0.338. The molecule has 170 valence electrons. The van der Waals surface area contributed by atoms with Gasteiger partial charge in [0.05, 0.1) is 0 Å². The molecule has 0 aliphatic heterocycles. The number of nitrogens with zero attached hydrogens (tertiary/aromatic N) is 3. The first-order valence-corrected chi connectivity index (χ1v) is 11.5. The first kappa shape index (κ1) is 21.9. The average molecular weight is 471 g/mol. The van der Waals surface area contributed by atoms with E-state index in [-0.39, 0.29) is 5.91 Å². The summed E-state index contributed by atoms with van der Waals surface area (Å²) in [6.07, 6.45) is 0. The molecule has 3 aromatic carbocycles. The number of hydrogen-bond acceptors (Lipinski definition) is 4. The lowest BCUT2D eigenvalue weighted by Crippen LogP contribution is -2.26. The number of fused-ring (bicyclic) bond motifs is 3. The van der Waals surface area contributed by atoms with Gasteiger partial charge in [0.1, 0.15) is 12.4 Å². The molecule has 1 amide bonds. The molecule has 5 rings (SSSR count). The number of nitrogens with one attached hydrogen (secondary N) is 1. The van der Waals surface area contributed by atoms with Gasteiger partial charge in [-0.3, -0.25) is 4.79 Å². The lowest BCUT2D eigenvalue weighted by molar-refractivity contribution is 0.0943. The number of rotatable bonds is 6. The number of halogens is 1. The first-order valence-electron chi connectivity index (χ1n) is 11.1. The minimum Gasteiger partial charge on any atom is -0.486 e. The molecule has 0 saturated heterocycles. The molecule has 0 aliphatic carbocycles. The van der Waals surface area contributed by atoms with Crippen LogP contribution in [0.5, 0.6) is 5.75 Å². The molecular formula is C27H23ClN4O2. The molecule has 7 heteroatoms. The Labute approximate surface area is 202 Å². The summed E-state index contributed by atoms with van der Waals surface area (Å²) >= 11 is 6.31. The molecule has 0 fully saturated rings. The monoisotopic (exact) mass is 470 g/mol. The SMILES string of the molecule is CCNC(=O)c1c(OCc2ccccc2)c2cccc(-c3cccc(Cl)c3)c2c2nc(C)nn12. The Balaban J connectivity index is 1.83. The molecule has 0 spiro atoms. The van der Waals surface area contributed by atoms with Gasteiger partial charge in [0, 0.05) is 22.3 Å². The molecule has 0 saturated carbocycles. The minimum absolute atomic E-state index is 0.268. The Kier molecular flexibility index (Phi) is 5.90. The van der Waals surface area contributed by atoms with Crippen LogP contribution in [0.1, 0.15) is 28.8 Å². The van der Waals surface area contributed by atoms with Gasteiger partial charge in [0.2, 0.25) is 0 Å². The van der Waals surface area contributed by atoms with Gasteiger partial charge in [-0.1, -0.05) is 72.3 Å². The fourth-order valence-electron chi connectivity index (χ4n) is 4.15. The van der Waals surface area contributed by atoms with Gasteiger partial charge in [-0.05, 0) is 42.7 Å². The Morgan fingerprint density at radius 1 is 1.06 bits per heavy atom. The molecule has 0 atom stereocenters. The number of amides is 1. The van der Waals surface area contributed by atoms with Crippen molar-refractivity contribution in [3.8, 4) is 16.9 Å². The molecule has 1 N–H and O–H groups in total. The summed E-state index contributed by atoms with van der Waals surface area (Å²) in [6.45, 7) is 4.48. The standard InChI is InChI=1S/C27H23ClN4O2/c1-3-29-27(33)24-25(34-16-18-9-5-4-6-10-18)22-14-8-13-21(19-11-7-12-20(28)15-19)23(22)26-30-17(2)31-32(24)26/h4-15H,3,16H2,1-2H3,(H,29,33). The van der Waals surface area contributed by atoms with Crippen molar-refractivity contribution in [3.63, 3.8) is 0 Å². The summed E-state index contributed by atoms with van der Waals surface area (Å²) in [5.41, 5.74) is 3.80. The Morgan fingerprint density at radius 3 is 2.62 bits per heavy atom. The summed E-state index contributed by atoms with van der Waals surface area (Å²) in [5, 5.41) is 9.75. The maximum atomic E-state index is 13.2. The van der Waals surface area contributed by atoms with Gasteiger partial charge < -0.3 is 10.1 Å². The van der Waals surface area contributed by atoms with E-state index >= 15 is 0 Å².